The van der Waals surface area contributed by atoms with Crippen LogP contribution in [0.15, 0.2) is 12.1 Å². The SMILES string of the molecule is COC(=O)c1cc2c(cc1CNC1CCC(=O)NC1=O)CN(C(=O)OC(C)(C)C)CC2. The quantitative estimate of drug-likeness (QED) is 0.550. The second kappa shape index (κ2) is 9.05. The second-order valence-electron chi connectivity index (χ2n) is 8.81. The zero-order valence-electron chi connectivity index (χ0n) is 18.4. The molecule has 0 spiro atoms. The lowest BCUT2D eigenvalue weighted by Crippen LogP contribution is -2.50. The van der Waals surface area contributed by atoms with Crippen molar-refractivity contribution in [3.8, 4) is 0 Å². The average Bonchev–Trinajstić information content (AvgIpc) is 2.70. The van der Waals surface area contributed by atoms with E-state index in [-0.39, 0.29) is 30.9 Å². The van der Waals surface area contributed by atoms with E-state index in [1.165, 1.54) is 7.11 Å². The van der Waals surface area contributed by atoms with Crippen molar-refractivity contribution in [2.75, 3.05) is 13.7 Å². The second-order valence-corrected chi connectivity index (χ2v) is 8.81. The van der Waals surface area contributed by atoms with Crippen molar-refractivity contribution in [1.29, 1.82) is 0 Å². The molecule has 1 unspecified atom stereocenters. The van der Waals surface area contributed by atoms with Crippen molar-refractivity contribution < 1.29 is 28.7 Å². The van der Waals surface area contributed by atoms with Gasteiger partial charge in [-0.25, -0.2) is 9.59 Å². The van der Waals surface area contributed by atoms with Crippen LogP contribution in [0.3, 0.4) is 0 Å². The van der Waals surface area contributed by atoms with Crippen molar-refractivity contribution in [3.63, 3.8) is 0 Å². The number of carbonyl (C=O) groups is 4. The number of piperidine rings is 1. The molecule has 2 N–H and O–H groups in total. The number of rotatable bonds is 4. The molecule has 0 aliphatic carbocycles. The standard InChI is InChI=1S/C22H29N3O6/c1-22(2,3)31-21(29)25-8-7-13-10-16(20(28)30-4)14(9-15(13)12-25)11-23-17-5-6-18(26)24-19(17)27/h9-10,17,23H,5-8,11-12H2,1-4H3,(H,24,26,27). The number of fused-ring (bicyclic) bond motifs is 1. The van der Waals surface area contributed by atoms with Crippen LogP contribution < -0.4 is 10.6 Å². The van der Waals surface area contributed by atoms with Crippen molar-refractivity contribution in [3.05, 3.63) is 34.4 Å². The van der Waals surface area contributed by atoms with E-state index in [0.29, 0.717) is 37.1 Å². The summed E-state index contributed by atoms with van der Waals surface area (Å²) in [7, 11) is 1.32. The Hall–Kier alpha value is -2.94. The Morgan fingerprint density at radius 2 is 1.94 bits per heavy atom. The number of nitrogens with zero attached hydrogens (tertiary/aromatic N) is 1. The van der Waals surface area contributed by atoms with Gasteiger partial charge in [0, 0.05) is 26.1 Å². The highest BCUT2D eigenvalue weighted by Crippen LogP contribution is 2.26. The molecule has 1 atom stereocenters. The van der Waals surface area contributed by atoms with Gasteiger partial charge in [0.15, 0.2) is 0 Å². The zero-order chi connectivity index (χ0) is 22.8. The van der Waals surface area contributed by atoms with Gasteiger partial charge in [0.1, 0.15) is 5.60 Å². The molecule has 0 saturated carbocycles. The maximum atomic E-state index is 12.5. The lowest BCUT2D eigenvalue weighted by molar-refractivity contribution is -0.134. The van der Waals surface area contributed by atoms with Gasteiger partial charge in [-0.3, -0.25) is 14.9 Å². The number of amides is 3. The fourth-order valence-corrected chi connectivity index (χ4v) is 3.71. The van der Waals surface area contributed by atoms with E-state index < -0.39 is 17.6 Å². The molecule has 0 radical (unpaired) electrons. The van der Waals surface area contributed by atoms with Crippen LogP contribution in [-0.4, -0.2) is 54.1 Å². The molecule has 2 aliphatic rings. The van der Waals surface area contributed by atoms with Crippen LogP contribution in [0.4, 0.5) is 4.79 Å². The number of nitrogens with one attached hydrogen (secondary N) is 2. The highest BCUT2D eigenvalue weighted by molar-refractivity contribution is 6.00. The zero-order valence-corrected chi connectivity index (χ0v) is 18.4. The summed E-state index contributed by atoms with van der Waals surface area (Å²) in [5, 5.41) is 5.43. The molecule has 9 heteroatoms. The first-order valence-corrected chi connectivity index (χ1v) is 10.4. The van der Waals surface area contributed by atoms with Crippen LogP contribution >= 0.6 is 0 Å². The maximum absolute atomic E-state index is 12.5. The highest BCUT2D eigenvalue weighted by atomic mass is 16.6. The molecule has 0 aromatic heterocycles. The molecule has 3 amide bonds. The van der Waals surface area contributed by atoms with Gasteiger partial charge >= 0.3 is 12.1 Å². The summed E-state index contributed by atoms with van der Waals surface area (Å²) >= 11 is 0. The van der Waals surface area contributed by atoms with Crippen molar-refractivity contribution in [1.82, 2.24) is 15.5 Å². The summed E-state index contributed by atoms with van der Waals surface area (Å²) in [4.78, 5) is 49.8. The average molecular weight is 431 g/mol. The third-order valence-electron chi connectivity index (χ3n) is 5.27. The molecule has 1 saturated heterocycles. The number of ether oxygens (including phenoxy) is 2. The normalized spacial score (nSPS) is 18.8. The first-order chi connectivity index (χ1) is 14.6. The molecular weight excluding hydrogens is 402 g/mol. The largest absolute Gasteiger partial charge is 0.465 e. The van der Waals surface area contributed by atoms with Crippen LogP contribution in [0.1, 0.15) is 60.7 Å². The number of imide groups is 1. The van der Waals surface area contributed by atoms with Gasteiger partial charge in [-0.1, -0.05) is 6.07 Å². The van der Waals surface area contributed by atoms with Crippen molar-refractivity contribution in [2.45, 2.75) is 64.8 Å². The topological polar surface area (TPSA) is 114 Å². The molecule has 168 valence electrons. The fraction of sp³-hybridized carbons (Fsp3) is 0.545. The maximum Gasteiger partial charge on any atom is 0.410 e. The van der Waals surface area contributed by atoms with E-state index in [9.17, 15) is 19.2 Å². The third kappa shape index (κ3) is 5.61. The first-order valence-electron chi connectivity index (χ1n) is 10.4. The molecule has 0 bridgehead atoms. The lowest BCUT2D eigenvalue weighted by atomic mass is 9.93. The summed E-state index contributed by atoms with van der Waals surface area (Å²) in [6.07, 6.45) is 0.885. The Labute approximate surface area is 181 Å². The molecule has 1 aromatic rings. The van der Waals surface area contributed by atoms with Gasteiger partial charge in [0.25, 0.3) is 0 Å². The Bertz CT molecular complexity index is 905. The molecule has 2 aliphatic heterocycles. The lowest BCUT2D eigenvalue weighted by Gasteiger charge is -2.32. The molecule has 1 aromatic carbocycles. The van der Waals surface area contributed by atoms with Crippen LogP contribution in [0, 0.1) is 0 Å². The molecular formula is C22H29N3O6. The number of hydrogen-bond donors (Lipinski definition) is 2. The Morgan fingerprint density at radius 1 is 1.19 bits per heavy atom. The van der Waals surface area contributed by atoms with Gasteiger partial charge in [0.05, 0.1) is 18.7 Å². The Kier molecular flexibility index (Phi) is 6.64. The third-order valence-corrected chi connectivity index (χ3v) is 5.27. The highest BCUT2D eigenvalue weighted by Gasteiger charge is 2.29. The smallest absolute Gasteiger partial charge is 0.410 e. The summed E-state index contributed by atoms with van der Waals surface area (Å²) in [5.74, 6) is -1.11. The summed E-state index contributed by atoms with van der Waals surface area (Å²) in [5.41, 5.74) is 2.41. The monoisotopic (exact) mass is 431 g/mol. The van der Waals surface area contributed by atoms with Crippen LogP contribution in [0.25, 0.3) is 0 Å². The molecule has 9 nitrogen and oxygen atoms in total. The summed E-state index contributed by atoms with van der Waals surface area (Å²) in [6.45, 7) is 6.59. The first kappa shape index (κ1) is 22.7. The molecule has 3 rings (SSSR count). The van der Waals surface area contributed by atoms with E-state index >= 15 is 0 Å². The van der Waals surface area contributed by atoms with Crippen LogP contribution in [0.5, 0.6) is 0 Å². The minimum Gasteiger partial charge on any atom is -0.465 e. The predicted molar refractivity (Wildman–Crippen MR) is 111 cm³/mol. The number of esters is 1. The van der Waals surface area contributed by atoms with Crippen LogP contribution in [-0.2, 0) is 38.6 Å². The number of hydrogen-bond acceptors (Lipinski definition) is 7. The van der Waals surface area contributed by atoms with E-state index in [4.69, 9.17) is 9.47 Å². The van der Waals surface area contributed by atoms with Crippen molar-refractivity contribution in [2.24, 2.45) is 0 Å². The Morgan fingerprint density at radius 3 is 2.58 bits per heavy atom. The molecule has 1 fully saturated rings. The van der Waals surface area contributed by atoms with Gasteiger partial charge in [-0.05, 0) is 56.4 Å². The fourth-order valence-electron chi connectivity index (χ4n) is 3.71. The minimum absolute atomic E-state index is 0.246. The van der Waals surface area contributed by atoms with E-state index in [1.54, 1.807) is 11.0 Å². The number of benzene rings is 1. The number of methoxy groups -OCH3 is 1. The molecule has 31 heavy (non-hydrogen) atoms. The van der Waals surface area contributed by atoms with Crippen molar-refractivity contribution >= 4 is 23.9 Å². The van der Waals surface area contributed by atoms with Gasteiger partial charge in [0.2, 0.25) is 11.8 Å². The van der Waals surface area contributed by atoms with E-state index in [0.717, 1.165) is 11.1 Å². The van der Waals surface area contributed by atoms with Gasteiger partial charge < -0.3 is 19.7 Å². The molecule has 2 heterocycles. The van der Waals surface area contributed by atoms with E-state index in [1.807, 2.05) is 26.8 Å². The van der Waals surface area contributed by atoms with E-state index in [2.05, 4.69) is 10.6 Å². The van der Waals surface area contributed by atoms with Gasteiger partial charge in [-0.2, -0.15) is 0 Å². The van der Waals surface area contributed by atoms with Gasteiger partial charge in [-0.15, -0.1) is 0 Å². The summed E-state index contributed by atoms with van der Waals surface area (Å²) in [6, 6.07) is 3.16. The number of carbonyl (C=O) groups excluding carboxylic acids is 4. The minimum atomic E-state index is -0.580. The Balaban J connectivity index is 1.79. The summed E-state index contributed by atoms with van der Waals surface area (Å²) < 4.78 is 10.4. The van der Waals surface area contributed by atoms with Crippen LogP contribution in [0.2, 0.25) is 0 Å². The predicted octanol–water partition coefficient (Wildman–Crippen LogP) is 1.66.